The van der Waals surface area contributed by atoms with Crippen LogP contribution in [-0.4, -0.2) is 32.7 Å². The van der Waals surface area contributed by atoms with Crippen LogP contribution in [0.15, 0.2) is 78.6 Å². The molecule has 0 atom stereocenters. The zero-order valence-corrected chi connectivity index (χ0v) is 15.3. The number of hydrogen-bond donors (Lipinski definition) is 1. The lowest BCUT2D eigenvalue weighted by atomic mass is 10.1. The summed E-state index contributed by atoms with van der Waals surface area (Å²) in [6, 6.07) is 17.8. The second-order valence-electron chi connectivity index (χ2n) is 6.40. The fraction of sp³-hybridized carbons (Fsp3) is 0.0455. The SMILES string of the molecule is O=C1NC(=O)N(Cc2ccccc2)C(=O)/C1=C/c1cnc(-c2ccccc2)nc1. The van der Waals surface area contributed by atoms with Crippen LogP contribution in [0.25, 0.3) is 17.5 Å². The molecular weight excluding hydrogens is 368 g/mol. The van der Waals surface area contributed by atoms with Crippen molar-refractivity contribution in [3.05, 3.63) is 89.8 Å². The van der Waals surface area contributed by atoms with Crippen molar-refractivity contribution < 1.29 is 14.4 Å². The largest absolute Gasteiger partial charge is 0.331 e. The Morgan fingerprint density at radius 1 is 0.862 bits per heavy atom. The third kappa shape index (κ3) is 3.93. The molecule has 4 rings (SSSR count). The Hall–Kier alpha value is -4.13. The molecule has 1 aromatic heterocycles. The van der Waals surface area contributed by atoms with Crippen molar-refractivity contribution in [2.75, 3.05) is 0 Å². The summed E-state index contributed by atoms with van der Waals surface area (Å²) in [5, 5.41) is 2.21. The maximum Gasteiger partial charge on any atom is 0.331 e. The number of nitrogens with zero attached hydrogens (tertiary/aromatic N) is 3. The van der Waals surface area contributed by atoms with Crippen LogP contribution in [0.1, 0.15) is 11.1 Å². The van der Waals surface area contributed by atoms with Gasteiger partial charge >= 0.3 is 6.03 Å². The maximum atomic E-state index is 12.8. The molecule has 0 spiro atoms. The van der Waals surface area contributed by atoms with E-state index in [9.17, 15) is 14.4 Å². The molecule has 1 saturated heterocycles. The average Bonchev–Trinajstić information content (AvgIpc) is 2.76. The van der Waals surface area contributed by atoms with Gasteiger partial charge in [0.15, 0.2) is 5.82 Å². The first-order valence-corrected chi connectivity index (χ1v) is 8.92. The van der Waals surface area contributed by atoms with Gasteiger partial charge in [-0.15, -0.1) is 0 Å². The van der Waals surface area contributed by atoms with Crippen molar-refractivity contribution >= 4 is 23.9 Å². The first-order chi connectivity index (χ1) is 14.1. The summed E-state index contributed by atoms with van der Waals surface area (Å²) in [5.74, 6) is -0.862. The Morgan fingerprint density at radius 2 is 1.48 bits per heavy atom. The smallest absolute Gasteiger partial charge is 0.273 e. The zero-order chi connectivity index (χ0) is 20.2. The van der Waals surface area contributed by atoms with Gasteiger partial charge in [-0.1, -0.05) is 60.7 Å². The summed E-state index contributed by atoms with van der Waals surface area (Å²) in [6.07, 6.45) is 4.44. The first kappa shape index (κ1) is 18.2. The van der Waals surface area contributed by atoms with E-state index in [0.29, 0.717) is 11.4 Å². The zero-order valence-electron chi connectivity index (χ0n) is 15.3. The number of carbonyl (C=O) groups excluding carboxylic acids is 3. The molecule has 142 valence electrons. The van der Waals surface area contributed by atoms with Crippen LogP contribution in [0, 0.1) is 0 Å². The van der Waals surface area contributed by atoms with E-state index < -0.39 is 17.8 Å². The van der Waals surface area contributed by atoms with Gasteiger partial charge in [0.1, 0.15) is 5.57 Å². The van der Waals surface area contributed by atoms with Crippen molar-refractivity contribution in [2.45, 2.75) is 6.54 Å². The lowest BCUT2D eigenvalue weighted by Crippen LogP contribution is -2.53. The van der Waals surface area contributed by atoms with E-state index in [0.717, 1.165) is 16.0 Å². The fourth-order valence-corrected chi connectivity index (χ4v) is 2.92. The standard InChI is InChI=1S/C22H16N4O3/c27-20-18(11-16-12-23-19(24-13-16)17-9-5-2-6-10-17)21(28)26(22(29)25-20)14-15-7-3-1-4-8-15/h1-13H,14H2,(H,25,27,29)/b18-11+. The molecule has 1 aliphatic rings. The average molecular weight is 384 g/mol. The van der Waals surface area contributed by atoms with Gasteiger partial charge in [-0.25, -0.2) is 14.8 Å². The van der Waals surface area contributed by atoms with Gasteiger partial charge in [0, 0.05) is 23.5 Å². The highest BCUT2D eigenvalue weighted by molar-refractivity contribution is 6.30. The Bertz CT molecular complexity index is 1090. The molecule has 3 aromatic rings. The molecule has 0 unspecified atom stereocenters. The lowest BCUT2D eigenvalue weighted by molar-refractivity contribution is -0.130. The number of urea groups is 1. The third-order valence-electron chi connectivity index (χ3n) is 4.38. The van der Waals surface area contributed by atoms with Gasteiger partial charge in [-0.05, 0) is 11.6 Å². The summed E-state index contributed by atoms with van der Waals surface area (Å²) in [4.78, 5) is 46.7. The van der Waals surface area contributed by atoms with E-state index in [4.69, 9.17) is 0 Å². The van der Waals surface area contributed by atoms with E-state index >= 15 is 0 Å². The van der Waals surface area contributed by atoms with Crippen molar-refractivity contribution in [3.63, 3.8) is 0 Å². The highest BCUT2D eigenvalue weighted by Crippen LogP contribution is 2.18. The van der Waals surface area contributed by atoms with Crippen LogP contribution >= 0.6 is 0 Å². The van der Waals surface area contributed by atoms with Crippen LogP contribution in [0.4, 0.5) is 4.79 Å². The predicted molar refractivity (Wildman–Crippen MR) is 106 cm³/mol. The number of nitrogens with one attached hydrogen (secondary N) is 1. The first-order valence-electron chi connectivity index (χ1n) is 8.92. The monoisotopic (exact) mass is 384 g/mol. The Morgan fingerprint density at radius 3 is 2.14 bits per heavy atom. The molecule has 0 bridgehead atoms. The number of carbonyl (C=O) groups is 3. The number of aromatic nitrogens is 2. The quantitative estimate of drug-likeness (QED) is 0.552. The third-order valence-corrected chi connectivity index (χ3v) is 4.38. The van der Waals surface area contributed by atoms with Crippen LogP contribution in [0.3, 0.4) is 0 Å². The number of amides is 4. The molecular formula is C22H16N4O3. The van der Waals surface area contributed by atoms with Gasteiger partial charge in [-0.2, -0.15) is 0 Å². The van der Waals surface area contributed by atoms with Crippen LogP contribution in [-0.2, 0) is 16.1 Å². The highest BCUT2D eigenvalue weighted by Gasteiger charge is 2.35. The number of barbiturate groups is 1. The van der Waals surface area contributed by atoms with Gasteiger partial charge in [0.25, 0.3) is 11.8 Å². The van der Waals surface area contributed by atoms with Crippen molar-refractivity contribution in [2.24, 2.45) is 0 Å². The molecule has 0 radical (unpaired) electrons. The summed E-state index contributed by atoms with van der Waals surface area (Å²) in [6.45, 7) is 0.0690. The van der Waals surface area contributed by atoms with E-state index in [2.05, 4.69) is 15.3 Å². The van der Waals surface area contributed by atoms with Crippen LogP contribution in [0.2, 0.25) is 0 Å². The van der Waals surface area contributed by atoms with Gasteiger partial charge in [0.2, 0.25) is 0 Å². The van der Waals surface area contributed by atoms with E-state index in [-0.39, 0.29) is 12.1 Å². The summed E-state index contributed by atoms with van der Waals surface area (Å²) in [5.41, 5.74) is 1.98. The minimum absolute atomic E-state index is 0.0690. The Balaban J connectivity index is 1.59. The molecule has 2 heterocycles. The molecule has 7 nitrogen and oxygen atoms in total. The lowest BCUT2D eigenvalue weighted by Gasteiger charge is -2.26. The molecule has 7 heteroatoms. The Kier molecular flexibility index (Phi) is 4.94. The molecule has 0 saturated carbocycles. The normalized spacial score (nSPS) is 15.5. The molecule has 4 amide bonds. The van der Waals surface area contributed by atoms with Crippen LogP contribution in [0.5, 0.6) is 0 Å². The predicted octanol–water partition coefficient (Wildman–Crippen LogP) is 2.81. The number of hydrogen-bond acceptors (Lipinski definition) is 5. The van der Waals surface area contributed by atoms with Crippen molar-refractivity contribution in [1.82, 2.24) is 20.2 Å². The van der Waals surface area contributed by atoms with Crippen LogP contribution < -0.4 is 5.32 Å². The van der Waals surface area contributed by atoms with E-state index in [1.54, 1.807) is 12.1 Å². The van der Waals surface area contributed by atoms with Gasteiger partial charge in [-0.3, -0.25) is 19.8 Å². The molecule has 1 N–H and O–H groups in total. The number of rotatable bonds is 4. The minimum atomic E-state index is -0.739. The number of benzene rings is 2. The molecule has 0 aliphatic carbocycles. The molecule has 29 heavy (non-hydrogen) atoms. The second-order valence-corrected chi connectivity index (χ2v) is 6.40. The second kappa shape index (κ2) is 7.85. The van der Waals surface area contributed by atoms with E-state index in [1.807, 2.05) is 48.5 Å². The van der Waals surface area contributed by atoms with Crippen molar-refractivity contribution in [1.29, 1.82) is 0 Å². The van der Waals surface area contributed by atoms with Crippen molar-refractivity contribution in [3.8, 4) is 11.4 Å². The highest BCUT2D eigenvalue weighted by atomic mass is 16.2. The summed E-state index contributed by atoms with van der Waals surface area (Å²) >= 11 is 0. The maximum absolute atomic E-state index is 12.8. The molecule has 1 fully saturated rings. The fourth-order valence-electron chi connectivity index (χ4n) is 2.92. The topological polar surface area (TPSA) is 92.3 Å². The summed E-state index contributed by atoms with van der Waals surface area (Å²) in [7, 11) is 0. The van der Waals surface area contributed by atoms with Gasteiger partial charge < -0.3 is 0 Å². The Labute approximate surface area is 166 Å². The molecule has 2 aromatic carbocycles. The minimum Gasteiger partial charge on any atom is -0.273 e. The van der Waals surface area contributed by atoms with Gasteiger partial charge in [0.05, 0.1) is 6.54 Å². The number of imide groups is 2. The summed E-state index contributed by atoms with van der Waals surface area (Å²) < 4.78 is 0. The molecule has 1 aliphatic heterocycles. The van der Waals surface area contributed by atoms with E-state index in [1.165, 1.54) is 18.5 Å².